The number of pyridine rings is 1. The largest absolute Gasteiger partial charge is 0.485 e. The molecule has 3 aromatic rings. The van der Waals surface area contributed by atoms with E-state index < -0.39 is 6.10 Å². The lowest BCUT2D eigenvalue weighted by Crippen LogP contribution is -2.46. The Kier molecular flexibility index (Phi) is 5.91. The van der Waals surface area contributed by atoms with Crippen molar-refractivity contribution in [2.24, 2.45) is 0 Å². The summed E-state index contributed by atoms with van der Waals surface area (Å²) in [7, 11) is 0. The van der Waals surface area contributed by atoms with Gasteiger partial charge in [-0.1, -0.05) is 32.9 Å². The second-order valence-electron chi connectivity index (χ2n) is 10.7. The van der Waals surface area contributed by atoms with E-state index in [1.165, 1.54) is 0 Å². The van der Waals surface area contributed by atoms with Gasteiger partial charge in [0.25, 0.3) is 5.91 Å². The first-order valence-corrected chi connectivity index (χ1v) is 12.8. The van der Waals surface area contributed by atoms with Gasteiger partial charge >= 0.3 is 0 Å². The quantitative estimate of drug-likeness (QED) is 0.549. The van der Waals surface area contributed by atoms with Crippen molar-refractivity contribution in [2.75, 3.05) is 48.0 Å². The second kappa shape index (κ2) is 9.27. The van der Waals surface area contributed by atoms with Crippen molar-refractivity contribution in [2.45, 2.75) is 38.8 Å². The molecule has 8 heteroatoms. The van der Waals surface area contributed by atoms with Gasteiger partial charge in [-0.05, 0) is 47.4 Å². The van der Waals surface area contributed by atoms with E-state index in [-0.39, 0.29) is 17.9 Å². The summed E-state index contributed by atoms with van der Waals surface area (Å²) in [5.41, 5.74) is 4.77. The fourth-order valence-corrected chi connectivity index (χ4v) is 4.96. The number of amides is 1. The van der Waals surface area contributed by atoms with E-state index in [1.54, 1.807) is 11.1 Å². The molecule has 37 heavy (non-hydrogen) atoms. The first-order chi connectivity index (χ1) is 17.9. The Hall–Kier alpha value is -3.78. The molecule has 6 rings (SSSR count). The highest BCUT2D eigenvalue weighted by Crippen LogP contribution is 2.40. The van der Waals surface area contributed by atoms with E-state index in [2.05, 4.69) is 48.1 Å². The lowest BCUT2D eigenvalue weighted by Gasteiger charge is -2.33. The normalized spacial score (nSPS) is 18.8. The molecule has 1 aromatic heterocycles. The highest BCUT2D eigenvalue weighted by Gasteiger charge is 2.35. The SMILES string of the molecule is CC(C)(C)c1ccc2c(c1)OCC(C(=O)N1Cc3cccnc3Nc3ccc(N4CCOCC4)cc31)O2. The Morgan fingerprint density at radius 2 is 1.89 bits per heavy atom. The monoisotopic (exact) mass is 500 g/mol. The molecule has 0 bridgehead atoms. The topological polar surface area (TPSA) is 76.2 Å². The summed E-state index contributed by atoms with van der Waals surface area (Å²) in [6, 6.07) is 16.0. The van der Waals surface area contributed by atoms with Gasteiger partial charge in [0.2, 0.25) is 6.10 Å². The van der Waals surface area contributed by atoms with E-state index in [0.29, 0.717) is 31.3 Å². The summed E-state index contributed by atoms with van der Waals surface area (Å²) in [6.07, 6.45) is 0.998. The maximum absolute atomic E-state index is 14.0. The van der Waals surface area contributed by atoms with Crippen molar-refractivity contribution in [1.29, 1.82) is 0 Å². The first-order valence-electron chi connectivity index (χ1n) is 12.8. The molecule has 3 aliphatic heterocycles. The maximum Gasteiger partial charge on any atom is 0.272 e. The Morgan fingerprint density at radius 1 is 1.05 bits per heavy atom. The molecule has 0 radical (unpaired) electrons. The van der Waals surface area contributed by atoms with Crippen LogP contribution in [0.5, 0.6) is 11.5 Å². The van der Waals surface area contributed by atoms with Crippen molar-refractivity contribution in [3.8, 4) is 11.5 Å². The van der Waals surface area contributed by atoms with Crippen LogP contribution in [0.4, 0.5) is 22.9 Å². The standard InChI is InChI=1S/C29H32N4O4/c1-29(2,3)20-6-9-24-25(15-20)36-18-26(37-24)28(34)33-17-19-5-4-10-30-27(19)31-22-8-7-21(16-23(22)33)32-11-13-35-14-12-32/h4-10,15-16,26H,11-14,17-18H2,1-3H3,(H,30,31). The molecule has 1 fully saturated rings. The van der Waals surface area contributed by atoms with Crippen LogP contribution in [0.1, 0.15) is 31.9 Å². The molecular weight excluding hydrogens is 468 g/mol. The van der Waals surface area contributed by atoms with Crippen LogP contribution in [0.2, 0.25) is 0 Å². The Bertz CT molecular complexity index is 1330. The average Bonchev–Trinajstić information content (AvgIpc) is 3.08. The van der Waals surface area contributed by atoms with Crippen molar-refractivity contribution in [3.63, 3.8) is 0 Å². The molecule has 3 aliphatic rings. The molecule has 0 aliphatic carbocycles. The molecule has 1 N–H and O–H groups in total. The van der Waals surface area contributed by atoms with Crippen molar-refractivity contribution >= 4 is 28.8 Å². The number of carbonyl (C=O) groups excluding carboxylic acids is 1. The smallest absolute Gasteiger partial charge is 0.272 e. The number of nitrogens with one attached hydrogen (secondary N) is 1. The van der Waals surface area contributed by atoms with Gasteiger partial charge in [0.05, 0.1) is 31.1 Å². The highest BCUT2D eigenvalue weighted by molar-refractivity contribution is 6.01. The van der Waals surface area contributed by atoms with E-state index in [4.69, 9.17) is 14.2 Å². The van der Waals surface area contributed by atoms with Crippen LogP contribution in [-0.4, -0.2) is 49.9 Å². The van der Waals surface area contributed by atoms with E-state index in [9.17, 15) is 4.79 Å². The first kappa shape index (κ1) is 23.6. The summed E-state index contributed by atoms with van der Waals surface area (Å²) in [6.45, 7) is 10.0. The summed E-state index contributed by atoms with van der Waals surface area (Å²) in [5.74, 6) is 1.87. The van der Waals surface area contributed by atoms with Crippen LogP contribution < -0.4 is 24.6 Å². The summed E-state index contributed by atoms with van der Waals surface area (Å²) in [4.78, 5) is 22.6. The maximum atomic E-state index is 14.0. The predicted octanol–water partition coefficient (Wildman–Crippen LogP) is 4.65. The Morgan fingerprint density at radius 3 is 2.70 bits per heavy atom. The van der Waals surface area contributed by atoms with Gasteiger partial charge in [-0.15, -0.1) is 0 Å². The third kappa shape index (κ3) is 4.57. The zero-order chi connectivity index (χ0) is 25.6. The number of hydrogen-bond acceptors (Lipinski definition) is 7. The summed E-state index contributed by atoms with van der Waals surface area (Å²) >= 11 is 0. The number of nitrogens with zero attached hydrogens (tertiary/aromatic N) is 3. The zero-order valence-electron chi connectivity index (χ0n) is 21.5. The van der Waals surface area contributed by atoms with Crippen molar-refractivity contribution in [3.05, 3.63) is 65.9 Å². The molecule has 1 amide bonds. The molecule has 1 atom stereocenters. The third-order valence-corrected chi connectivity index (χ3v) is 7.13. The van der Waals surface area contributed by atoms with Crippen LogP contribution >= 0.6 is 0 Å². The number of carbonyl (C=O) groups is 1. The van der Waals surface area contributed by atoms with Gasteiger partial charge in [0.1, 0.15) is 12.4 Å². The van der Waals surface area contributed by atoms with Gasteiger partial charge in [-0.3, -0.25) is 4.79 Å². The van der Waals surface area contributed by atoms with Gasteiger partial charge in [0.15, 0.2) is 11.5 Å². The van der Waals surface area contributed by atoms with Gasteiger partial charge in [0, 0.05) is 30.5 Å². The molecule has 0 spiro atoms. The van der Waals surface area contributed by atoms with Crippen molar-refractivity contribution in [1.82, 2.24) is 4.98 Å². The average molecular weight is 501 g/mol. The molecule has 4 heterocycles. The number of hydrogen-bond donors (Lipinski definition) is 1. The van der Waals surface area contributed by atoms with Gasteiger partial charge in [-0.2, -0.15) is 0 Å². The lowest BCUT2D eigenvalue weighted by molar-refractivity contribution is -0.127. The van der Waals surface area contributed by atoms with Crippen LogP contribution in [0, 0.1) is 0 Å². The molecule has 192 valence electrons. The molecule has 8 nitrogen and oxygen atoms in total. The summed E-state index contributed by atoms with van der Waals surface area (Å²) in [5, 5.41) is 3.44. The molecule has 1 unspecified atom stereocenters. The predicted molar refractivity (Wildman–Crippen MR) is 143 cm³/mol. The number of morpholine rings is 1. The van der Waals surface area contributed by atoms with E-state index >= 15 is 0 Å². The number of ether oxygens (including phenoxy) is 3. The van der Waals surface area contributed by atoms with Crippen LogP contribution in [0.15, 0.2) is 54.7 Å². The molecule has 0 saturated carbocycles. The van der Waals surface area contributed by atoms with Crippen molar-refractivity contribution < 1.29 is 19.0 Å². The second-order valence-corrected chi connectivity index (χ2v) is 10.7. The van der Waals surface area contributed by atoms with Crippen LogP contribution in [-0.2, 0) is 21.5 Å². The minimum atomic E-state index is -0.758. The van der Waals surface area contributed by atoms with Gasteiger partial charge < -0.3 is 29.3 Å². The number of aromatic nitrogens is 1. The van der Waals surface area contributed by atoms with Crippen LogP contribution in [0.3, 0.4) is 0 Å². The van der Waals surface area contributed by atoms with Crippen LogP contribution in [0.25, 0.3) is 0 Å². The summed E-state index contributed by atoms with van der Waals surface area (Å²) < 4.78 is 17.8. The number of benzene rings is 2. The fourth-order valence-electron chi connectivity index (χ4n) is 4.96. The number of rotatable bonds is 2. The molecule has 2 aromatic carbocycles. The van der Waals surface area contributed by atoms with E-state index in [1.807, 2.05) is 36.4 Å². The third-order valence-electron chi connectivity index (χ3n) is 7.13. The Labute approximate surface area is 217 Å². The fraction of sp³-hybridized carbons (Fsp3) is 0.379. The zero-order valence-corrected chi connectivity index (χ0v) is 21.5. The number of anilines is 4. The van der Waals surface area contributed by atoms with Gasteiger partial charge in [-0.25, -0.2) is 4.98 Å². The Balaban J connectivity index is 1.33. The number of fused-ring (bicyclic) bond motifs is 3. The minimum absolute atomic E-state index is 0.00651. The van der Waals surface area contributed by atoms with E-state index in [0.717, 1.165) is 47.1 Å². The highest BCUT2D eigenvalue weighted by atomic mass is 16.6. The minimum Gasteiger partial charge on any atom is -0.485 e. The lowest BCUT2D eigenvalue weighted by atomic mass is 9.87. The molecule has 1 saturated heterocycles. The molecular formula is C29H32N4O4.